The molecule has 5 heteroatoms. The molecule has 2 rings (SSSR count). The number of nitrogens with one attached hydrogen (secondary N) is 2. The lowest BCUT2D eigenvalue weighted by atomic mass is 10.1. The Hall–Kier alpha value is -2.33. The van der Waals surface area contributed by atoms with Gasteiger partial charge in [0.2, 0.25) is 5.91 Å². The predicted octanol–water partition coefficient (Wildman–Crippen LogP) is 4.29. The number of ketones is 1. The molecule has 4 nitrogen and oxygen atoms in total. The fourth-order valence-corrected chi connectivity index (χ4v) is 2.28. The molecule has 0 aliphatic carbocycles. The molecule has 0 saturated carbocycles. The van der Waals surface area contributed by atoms with Gasteiger partial charge in [-0.25, -0.2) is 0 Å². The Morgan fingerprint density at radius 1 is 1.13 bits per heavy atom. The number of halogens is 1. The van der Waals surface area contributed by atoms with Gasteiger partial charge in [0.05, 0.1) is 0 Å². The van der Waals surface area contributed by atoms with Crippen molar-refractivity contribution in [2.45, 2.75) is 20.3 Å². The van der Waals surface area contributed by atoms with Crippen molar-refractivity contribution in [1.29, 1.82) is 0 Å². The van der Waals surface area contributed by atoms with Gasteiger partial charge >= 0.3 is 0 Å². The normalized spacial score (nSPS) is 10.2. The third-order valence-electron chi connectivity index (χ3n) is 3.42. The highest BCUT2D eigenvalue weighted by atomic mass is 35.5. The molecule has 0 aromatic heterocycles. The van der Waals surface area contributed by atoms with Crippen molar-refractivity contribution >= 4 is 34.7 Å². The molecular formula is C18H19ClN2O2. The van der Waals surface area contributed by atoms with E-state index in [2.05, 4.69) is 10.6 Å². The van der Waals surface area contributed by atoms with E-state index in [-0.39, 0.29) is 11.7 Å². The van der Waals surface area contributed by atoms with E-state index in [9.17, 15) is 9.59 Å². The summed E-state index contributed by atoms with van der Waals surface area (Å²) >= 11 is 5.93. The number of hydrogen-bond donors (Lipinski definition) is 2. The van der Waals surface area contributed by atoms with Gasteiger partial charge in [-0.15, -0.1) is 0 Å². The van der Waals surface area contributed by atoms with Gasteiger partial charge in [0.15, 0.2) is 5.78 Å². The Morgan fingerprint density at radius 2 is 1.91 bits per heavy atom. The van der Waals surface area contributed by atoms with Gasteiger partial charge in [-0.2, -0.15) is 0 Å². The summed E-state index contributed by atoms with van der Waals surface area (Å²) in [6.07, 6.45) is 0.316. The molecule has 0 heterocycles. The lowest BCUT2D eigenvalue weighted by Crippen LogP contribution is -2.16. The number of benzene rings is 2. The van der Waals surface area contributed by atoms with E-state index in [1.807, 2.05) is 25.1 Å². The summed E-state index contributed by atoms with van der Waals surface area (Å²) in [6, 6.07) is 12.6. The maximum Gasteiger partial charge on any atom is 0.226 e. The first-order chi connectivity index (χ1) is 11.0. The molecule has 0 aliphatic rings. The third kappa shape index (κ3) is 5.11. The smallest absolute Gasteiger partial charge is 0.226 e. The zero-order chi connectivity index (χ0) is 16.8. The van der Waals surface area contributed by atoms with E-state index in [0.717, 1.165) is 16.9 Å². The number of amides is 1. The molecule has 120 valence electrons. The summed E-state index contributed by atoms with van der Waals surface area (Å²) in [5.74, 6) is -0.0755. The first-order valence-corrected chi connectivity index (χ1v) is 7.74. The van der Waals surface area contributed by atoms with Crippen LogP contribution in [-0.2, 0) is 4.79 Å². The average Bonchev–Trinajstić information content (AvgIpc) is 2.51. The molecule has 0 unspecified atom stereocenters. The number of carbonyl (C=O) groups is 2. The van der Waals surface area contributed by atoms with Crippen LogP contribution in [0.3, 0.4) is 0 Å². The first-order valence-electron chi connectivity index (χ1n) is 7.36. The second-order valence-electron chi connectivity index (χ2n) is 5.32. The molecule has 0 fully saturated rings. The van der Waals surface area contributed by atoms with Crippen LogP contribution in [-0.4, -0.2) is 18.2 Å². The molecule has 0 aliphatic heterocycles. The molecule has 2 aromatic carbocycles. The monoisotopic (exact) mass is 330 g/mol. The van der Waals surface area contributed by atoms with Crippen LogP contribution in [0.25, 0.3) is 0 Å². The Bertz CT molecular complexity index is 729. The van der Waals surface area contributed by atoms with Crippen molar-refractivity contribution in [2.24, 2.45) is 0 Å². The summed E-state index contributed by atoms with van der Waals surface area (Å²) in [5.41, 5.74) is 3.16. The number of hydrogen-bond acceptors (Lipinski definition) is 3. The minimum Gasteiger partial charge on any atom is -0.385 e. The molecular weight excluding hydrogens is 312 g/mol. The Balaban J connectivity index is 1.86. The molecule has 0 radical (unpaired) electrons. The lowest BCUT2D eigenvalue weighted by molar-refractivity contribution is -0.115. The van der Waals surface area contributed by atoms with E-state index >= 15 is 0 Å². The van der Waals surface area contributed by atoms with E-state index in [4.69, 9.17) is 11.6 Å². The average molecular weight is 331 g/mol. The van der Waals surface area contributed by atoms with Gasteiger partial charge in [-0.05, 0) is 43.7 Å². The number of Topliss-reactive ketones (excluding diaryl/α,β-unsaturated/α-hetero) is 1. The summed E-state index contributed by atoms with van der Waals surface area (Å²) in [7, 11) is 0. The molecule has 2 aromatic rings. The first kappa shape index (κ1) is 17.0. The predicted molar refractivity (Wildman–Crippen MR) is 94.4 cm³/mol. The largest absolute Gasteiger partial charge is 0.385 e. The molecule has 0 spiro atoms. The fraction of sp³-hybridized carbons (Fsp3) is 0.222. The molecule has 1 amide bonds. The van der Waals surface area contributed by atoms with E-state index in [0.29, 0.717) is 23.6 Å². The topological polar surface area (TPSA) is 58.2 Å². The maximum atomic E-state index is 12.0. The van der Waals surface area contributed by atoms with Gasteiger partial charge in [-0.1, -0.05) is 29.8 Å². The van der Waals surface area contributed by atoms with Crippen LogP contribution >= 0.6 is 11.6 Å². The quantitative estimate of drug-likeness (QED) is 0.777. The van der Waals surface area contributed by atoms with Gasteiger partial charge in [0.25, 0.3) is 0 Å². The lowest BCUT2D eigenvalue weighted by Gasteiger charge is -2.10. The third-order valence-corrected chi connectivity index (χ3v) is 3.66. The summed E-state index contributed by atoms with van der Waals surface area (Å²) < 4.78 is 0. The van der Waals surface area contributed by atoms with Crippen molar-refractivity contribution < 1.29 is 9.59 Å². The Morgan fingerprint density at radius 3 is 2.65 bits per heavy atom. The molecule has 0 atom stereocenters. The van der Waals surface area contributed by atoms with Crippen LogP contribution in [0.2, 0.25) is 5.02 Å². The van der Waals surface area contributed by atoms with E-state index < -0.39 is 0 Å². The minimum atomic E-state index is -0.0920. The number of carbonyl (C=O) groups excluding carboxylic acids is 2. The molecule has 2 N–H and O–H groups in total. The number of rotatable bonds is 6. The van der Waals surface area contributed by atoms with E-state index in [1.165, 1.54) is 6.92 Å². The summed E-state index contributed by atoms with van der Waals surface area (Å²) in [6.45, 7) is 3.92. The van der Waals surface area contributed by atoms with Crippen LogP contribution in [0.15, 0.2) is 42.5 Å². The van der Waals surface area contributed by atoms with Gasteiger partial charge in [0.1, 0.15) is 0 Å². The van der Waals surface area contributed by atoms with Crippen molar-refractivity contribution in [3.63, 3.8) is 0 Å². The van der Waals surface area contributed by atoms with Crippen molar-refractivity contribution in [3.05, 3.63) is 58.6 Å². The van der Waals surface area contributed by atoms with Crippen LogP contribution in [0.4, 0.5) is 11.4 Å². The fourth-order valence-electron chi connectivity index (χ4n) is 2.11. The maximum absolute atomic E-state index is 12.0. The number of aryl methyl sites for hydroxylation is 1. The summed E-state index contributed by atoms with van der Waals surface area (Å²) in [4.78, 5) is 23.3. The molecule has 0 bridgehead atoms. The molecule has 23 heavy (non-hydrogen) atoms. The minimum absolute atomic E-state index is 0.0165. The van der Waals surface area contributed by atoms with Crippen molar-refractivity contribution in [2.75, 3.05) is 17.2 Å². The second-order valence-corrected chi connectivity index (χ2v) is 5.76. The highest BCUT2D eigenvalue weighted by Crippen LogP contribution is 2.20. The van der Waals surface area contributed by atoms with Crippen LogP contribution in [0.5, 0.6) is 0 Å². The second kappa shape index (κ2) is 7.79. The summed E-state index contributed by atoms with van der Waals surface area (Å²) in [5, 5.41) is 6.58. The van der Waals surface area contributed by atoms with E-state index in [1.54, 1.807) is 24.3 Å². The standard InChI is InChI=1S/C18H19ClN2O2/c1-12-6-7-15(19)11-17(12)21-18(23)8-9-20-16-5-3-4-14(10-16)13(2)22/h3-7,10-11,20H,8-9H2,1-2H3,(H,21,23). The SMILES string of the molecule is CC(=O)c1cccc(NCCC(=O)Nc2cc(Cl)ccc2C)c1. The Labute approximate surface area is 140 Å². The van der Waals surface area contributed by atoms with Gasteiger partial charge in [0, 0.05) is 34.9 Å². The zero-order valence-corrected chi connectivity index (χ0v) is 13.9. The Kier molecular flexibility index (Phi) is 5.77. The highest BCUT2D eigenvalue weighted by Gasteiger charge is 2.06. The highest BCUT2D eigenvalue weighted by molar-refractivity contribution is 6.31. The van der Waals surface area contributed by atoms with Crippen LogP contribution < -0.4 is 10.6 Å². The van der Waals surface area contributed by atoms with Crippen molar-refractivity contribution in [3.8, 4) is 0 Å². The number of anilines is 2. The van der Waals surface area contributed by atoms with Gasteiger partial charge in [-0.3, -0.25) is 9.59 Å². The zero-order valence-electron chi connectivity index (χ0n) is 13.2. The molecule has 0 saturated heterocycles. The van der Waals surface area contributed by atoms with Crippen molar-refractivity contribution in [1.82, 2.24) is 0 Å². The van der Waals surface area contributed by atoms with Crippen LogP contribution in [0.1, 0.15) is 29.3 Å². The van der Waals surface area contributed by atoms with Crippen LogP contribution in [0, 0.1) is 6.92 Å². The van der Waals surface area contributed by atoms with Gasteiger partial charge < -0.3 is 10.6 Å².